The van der Waals surface area contributed by atoms with Crippen molar-refractivity contribution in [2.45, 2.75) is 17.9 Å². The van der Waals surface area contributed by atoms with Crippen molar-refractivity contribution in [2.24, 2.45) is 5.14 Å². The van der Waals surface area contributed by atoms with Gasteiger partial charge in [-0.15, -0.1) is 0 Å². The molecule has 130 valence electrons. The molecule has 3 N–H and O–H groups in total. The molecule has 3 aromatic rings. The molecule has 0 aliphatic carbocycles. The number of primary sulfonamides is 1. The molecule has 0 bridgehead atoms. The van der Waals surface area contributed by atoms with E-state index in [1.165, 1.54) is 12.1 Å². The zero-order chi connectivity index (χ0) is 18.2. The molecule has 3 rings (SSSR count). The summed E-state index contributed by atoms with van der Waals surface area (Å²) >= 11 is 0. The third-order valence-electron chi connectivity index (χ3n) is 4.30. The Bertz CT molecular complexity index is 1030. The summed E-state index contributed by atoms with van der Waals surface area (Å²) in [6, 6.07) is 11.4. The van der Waals surface area contributed by atoms with Gasteiger partial charge in [0.2, 0.25) is 10.0 Å². The fraction of sp³-hybridized carbons (Fsp3) is 0.176. The van der Waals surface area contributed by atoms with Crippen LogP contribution >= 0.6 is 0 Å². The zero-order valence-electron chi connectivity index (χ0n) is 13.8. The lowest BCUT2D eigenvalue weighted by Crippen LogP contribution is -2.29. The molecule has 2 aromatic carbocycles. The Morgan fingerprint density at radius 3 is 2.52 bits per heavy atom. The standard InChI is InChI=1S/C17H18N4O3S/c1-11(12-6-8-14(9-7-12)25(18,23)24)21(2)17(22)15-5-3-4-13-10-19-20-16(13)15/h3-11H,1-2H3,(H,19,20)(H2,18,23,24). The van der Waals surface area contributed by atoms with E-state index < -0.39 is 10.0 Å². The summed E-state index contributed by atoms with van der Waals surface area (Å²) in [5.41, 5.74) is 2.03. The highest BCUT2D eigenvalue weighted by Gasteiger charge is 2.21. The van der Waals surface area contributed by atoms with Crippen LogP contribution in [-0.4, -0.2) is 36.5 Å². The molecule has 0 aliphatic rings. The second-order valence-corrected chi connectivity index (χ2v) is 7.41. The van der Waals surface area contributed by atoms with E-state index in [0.29, 0.717) is 11.1 Å². The fourth-order valence-corrected chi connectivity index (χ4v) is 3.19. The van der Waals surface area contributed by atoms with Gasteiger partial charge >= 0.3 is 0 Å². The van der Waals surface area contributed by atoms with E-state index in [2.05, 4.69) is 10.2 Å². The predicted molar refractivity (Wildman–Crippen MR) is 94.4 cm³/mol. The van der Waals surface area contributed by atoms with Crippen LogP contribution in [0.3, 0.4) is 0 Å². The van der Waals surface area contributed by atoms with Crippen LogP contribution in [0.5, 0.6) is 0 Å². The largest absolute Gasteiger partial charge is 0.335 e. The molecule has 8 heteroatoms. The van der Waals surface area contributed by atoms with Crippen molar-refractivity contribution in [1.82, 2.24) is 15.1 Å². The van der Waals surface area contributed by atoms with Crippen molar-refractivity contribution in [3.05, 3.63) is 59.8 Å². The molecule has 0 spiro atoms. The molecule has 0 fully saturated rings. The summed E-state index contributed by atoms with van der Waals surface area (Å²) in [4.78, 5) is 14.5. The summed E-state index contributed by atoms with van der Waals surface area (Å²) in [7, 11) is -2.03. The molecule has 1 amide bonds. The third kappa shape index (κ3) is 3.26. The number of carbonyl (C=O) groups excluding carboxylic acids is 1. The van der Waals surface area contributed by atoms with Crippen LogP contribution in [-0.2, 0) is 10.0 Å². The number of nitrogens with two attached hydrogens (primary N) is 1. The number of carbonyl (C=O) groups is 1. The number of nitrogens with one attached hydrogen (secondary N) is 1. The number of amides is 1. The van der Waals surface area contributed by atoms with Gasteiger partial charge in [0.15, 0.2) is 0 Å². The van der Waals surface area contributed by atoms with Crippen LogP contribution < -0.4 is 5.14 Å². The van der Waals surface area contributed by atoms with E-state index in [-0.39, 0.29) is 16.8 Å². The molecule has 1 aromatic heterocycles. The van der Waals surface area contributed by atoms with E-state index in [1.807, 2.05) is 19.1 Å². The first kappa shape index (κ1) is 17.1. The molecular weight excluding hydrogens is 340 g/mol. The Hall–Kier alpha value is -2.71. The van der Waals surface area contributed by atoms with Crippen molar-refractivity contribution in [3.8, 4) is 0 Å². The molecule has 0 aliphatic heterocycles. The minimum absolute atomic E-state index is 0.0413. The van der Waals surface area contributed by atoms with Crippen LogP contribution in [0.4, 0.5) is 0 Å². The number of aromatic amines is 1. The van der Waals surface area contributed by atoms with Crippen molar-refractivity contribution in [1.29, 1.82) is 0 Å². The van der Waals surface area contributed by atoms with E-state index in [1.54, 1.807) is 36.3 Å². The Morgan fingerprint density at radius 1 is 1.20 bits per heavy atom. The molecule has 0 radical (unpaired) electrons. The lowest BCUT2D eigenvalue weighted by molar-refractivity contribution is 0.0744. The Kier molecular flexibility index (Phi) is 4.32. The summed E-state index contributed by atoms with van der Waals surface area (Å²) in [5, 5.41) is 12.8. The maximum atomic E-state index is 12.9. The lowest BCUT2D eigenvalue weighted by Gasteiger charge is -2.25. The Labute approximate surface area is 145 Å². The molecular formula is C17H18N4O3S. The number of hydrogen-bond donors (Lipinski definition) is 2. The van der Waals surface area contributed by atoms with Crippen molar-refractivity contribution in [3.63, 3.8) is 0 Å². The van der Waals surface area contributed by atoms with Crippen molar-refractivity contribution < 1.29 is 13.2 Å². The highest BCUT2D eigenvalue weighted by molar-refractivity contribution is 7.89. The van der Waals surface area contributed by atoms with Gasteiger partial charge in [0, 0.05) is 12.4 Å². The van der Waals surface area contributed by atoms with E-state index in [4.69, 9.17) is 5.14 Å². The highest BCUT2D eigenvalue weighted by Crippen LogP contribution is 2.24. The maximum Gasteiger partial charge on any atom is 0.256 e. The fourth-order valence-electron chi connectivity index (χ4n) is 2.67. The number of nitrogens with zero attached hydrogens (tertiary/aromatic N) is 2. The quantitative estimate of drug-likeness (QED) is 0.744. The Morgan fingerprint density at radius 2 is 1.88 bits per heavy atom. The van der Waals surface area contributed by atoms with Crippen LogP contribution in [0.2, 0.25) is 0 Å². The first-order valence-electron chi connectivity index (χ1n) is 7.61. The molecule has 1 atom stereocenters. The first-order chi connectivity index (χ1) is 11.8. The highest BCUT2D eigenvalue weighted by atomic mass is 32.2. The normalized spacial score (nSPS) is 12.9. The van der Waals surface area contributed by atoms with Gasteiger partial charge in [0.05, 0.1) is 28.2 Å². The number of H-pyrrole nitrogens is 1. The summed E-state index contributed by atoms with van der Waals surface area (Å²) in [6.07, 6.45) is 1.67. The minimum Gasteiger partial charge on any atom is -0.335 e. The van der Waals surface area contributed by atoms with Gasteiger partial charge in [-0.25, -0.2) is 13.6 Å². The lowest BCUT2D eigenvalue weighted by atomic mass is 10.1. The summed E-state index contributed by atoms with van der Waals surface area (Å²) in [6.45, 7) is 1.87. The molecule has 0 saturated heterocycles. The van der Waals surface area contributed by atoms with Crippen LogP contribution in [0.15, 0.2) is 53.6 Å². The number of rotatable bonds is 4. The van der Waals surface area contributed by atoms with Crippen molar-refractivity contribution >= 4 is 26.8 Å². The number of benzene rings is 2. The minimum atomic E-state index is -3.73. The first-order valence-corrected chi connectivity index (χ1v) is 9.15. The number of aromatic nitrogens is 2. The van der Waals surface area contributed by atoms with Gasteiger partial charge in [-0.1, -0.05) is 24.3 Å². The van der Waals surface area contributed by atoms with Gasteiger partial charge in [0.1, 0.15) is 0 Å². The average molecular weight is 358 g/mol. The van der Waals surface area contributed by atoms with Crippen molar-refractivity contribution in [2.75, 3.05) is 7.05 Å². The topological polar surface area (TPSA) is 109 Å². The molecule has 1 heterocycles. The zero-order valence-corrected chi connectivity index (χ0v) is 14.6. The van der Waals surface area contributed by atoms with Gasteiger partial charge < -0.3 is 4.90 Å². The summed E-state index contributed by atoms with van der Waals surface area (Å²) < 4.78 is 22.7. The second-order valence-electron chi connectivity index (χ2n) is 5.85. The second kappa shape index (κ2) is 6.30. The van der Waals surface area contributed by atoms with Crippen LogP contribution in [0.25, 0.3) is 10.9 Å². The monoisotopic (exact) mass is 358 g/mol. The smallest absolute Gasteiger partial charge is 0.256 e. The third-order valence-corrected chi connectivity index (χ3v) is 5.23. The molecule has 25 heavy (non-hydrogen) atoms. The average Bonchev–Trinajstić information content (AvgIpc) is 3.08. The van der Waals surface area contributed by atoms with Crippen LogP contribution in [0.1, 0.15) is 28.9 Å². The number of hydrogen-bond acceptors (Lipinski definition) is 4. The van der Waals surface area contributed by atoms with Gasteiger partial charge in [-0.3, -0.25) is 9.89 Å². The van der Waals surface area contributed by atoms with E-state index >= 15 is 0 Å². The van der Waals surface area contributed by atoms with Gasteiger partial charge in [0.25, 0.3) is 5.91 Å². The maximum absolute atomic E-state index is 12.9. The molecule has 0 saturated carbocycles. The molecule has 7 nitrogen and oxygen atoms in total. The van der Waals surface area contributed by atoms with Gasteiger partial charge in [-0.05, 0) is 30.7 Å². The summed E-state index contributed by atoms with van der Waals surface area (Å²) in [5.74, 6) is -0.155. The SMILES string of the molecule is CC(c1ccc(S(N)(=O)=O)cc1)N(C)C(=O)c1cccc2cn[nH]c12. The van der Waals surface area contributed by atoms with E-state index in [0.717, 1.165) is 10.9 Å². The number of fused-ring (bicyclic) bond motifs is 1. The van der Waals surface area contributed by atoms with Crippen LogP contribution in [0, 0.1) is 0 Å². The molecule has 1 unspecified atom stereocenters. The number of para-hydroxylation sites is 1. The predicted octanol–water partition coefficient (Wildman–Crippen LogP) is 2.04. The number of sulfonamides is 1. The van der Waals surface area contributed by atoms with Gasteiger partial charge in [-0.2, -0.15) is 5.10 Å². The van der Waals surface area contributed by atoms with E-state index in [9.17, 15) is 13.2 Å². The Balaban J connectivity index is 1.88.